The molecule has 15 nitrogen and oxygen atoms in total. The van der Waals surface area contributed by atoms with Gasteiger partial charge in [-0.2, -0.15) is 4.98 Å². The quantitative estimate of drug-likeness (QED) is 0.0999. The van der Waals surface area contributed by atoms with E-state index in [4.69, 9.17) is 4.74 Å². The minimum atomic E-state index is -3.87. The average Bonchev–Trinajstić information content (AvgIpc) is 2.87. The van der Waals surface area contributed by atoms with Crippen molar-refractivity contribution in [1.82, 2.24) is 14.9 Å². The summed E-state index contributed by atoms with van der Waals surface area (Å²) in [4.78, 5) is 20.1. The number of aromatic nitrogens is 2. The predicted octanol–water partition coefficient (Wildman–Crippen LogP) is 0.784. The van der Waals surface area contributed by atoms with Crippen LogP contribution in [0.5, 0.6) is 40.2 Å². The van der Waals surface area contributed by atoms with E-state index in [1.54, 1.807) is 0 Å². The van der Waals surface area contributed by atoms with Crippen LogP contribution in [0.2, 0.25) is 0 Å². The van der Waals surface area contributed by atoms with Gasteiger partial charge >= 0.3 is 11.8 Å². The number of anilines is 2. The first-order chi connectivity index (χ1) is 18.2. The monoisotopic (exact) mass is 618 g/mol. The van der Waals surface area contributed by atoms with Crippen LogP contribution in [0.1, 0.15) is 12.8 Å². The van der Waals surface area contributed by atoms with E-state index in [1.807, 2.05) is 7.05 Å². The fraction of sp³-hybridized carbons (Fsp3) is 0.364. The molecule has 17 heteroatoms. The number of likely N-dealkylation sites (tertiary alicyclic amines) is 1. The molecule has 2 aromatic carbocycles. The number of piperidine rings is 1. The molecule has 0 spiro atoms. The van der Waals surface area contributed by atoms with Crippen molar-refractivity contribution < 1.29 is 54.7 Å². The van der Waals surface area contributed by atoms with Crippen LogP contribution in [-0.4, -0.2) is 88.6 Å². The summed E-state index contributed by atoms with van der Waals surface area (Å²) in [7, 11) is 1.94. The molecule has 0 radical (unpaired) electrons. The second kappa shape index (κ2) is 10.4. The van der Waals surface area contributed by atoms with Gasteiger partial charge in [0.1, 0.15) is 21.5 Å². The van der Waals surface area contributed by atoms with Crippen molar-refractivity contribution >= 4 is 38.3 Å². The SMILES string of the molecule is CN1CCC(COc2c(OC(O)(O)O)c(O)c3c(Nc4c(O)c(O)c(Br)c(O)c4F)nc(=O)[nH]c3c2O)CC1. The van der Waals surface area contributed by atoms with Gasteiger partial charge < -0.3 is 65.5 Å². The van der Waals surface area contributed by atoms with Gasteiger partial charge in [-0.3, -0.25) is 0 Å². The second-order valence-electron chi connectivity index (χ2n) is 8.90. The fourth-order valence-electron chi connectivity index (χ4n) is 4.10. The molecular formula is C22H24BrFN4O11. The molecule has 1 aromatic heterocycles. The number of aliphatic hydroxyl groups is 3. The van der Waals surface area contributed by atoms with E-state index in [2.05, 4.69) is 40.9 Å². The number of aromatic hydroxyl groups is 5. The van der Waals surface area contributed by atoms with E-state index in [9.17, 15) is 50.0 Å². The Bertz CT molecular complexity index is 1460. The van der Waals surface area contributed by atoms with E-state index < -0.39 is 84.8 Å². The van der Waals surface area contributed by atoms with Crippen LogP contribution in [0.3, 0.4) is 0 Å². The lowest BCUT2D eigenvalue weighted by molar-refractivity contribution is -0.420. The third-order valence-corrected chi connectivity index (χ3v) is 6.88. The molecule has 0 saturated carbocycles. The molecule has 0 amide bonds. The lowest BCUT2D eigenvalue weighted by atomic mass is 9.98. The Kier molecular flexibility index (Phi) is 7.55. The molecule has 2 heterocycles. The molecule has 0 bridgehead atoms. The highest BCUT2D eigenvalue weighted by molar-refractivity contribution is 9.10. The van der Waals surface area contributed by atoms with Gasteiger partial charge in [0.2, 0.25) is 11.5 Å². The number of benzene rings is 2. The summed E-state index contributed by atoms with van der Waals surface area (Å²) < 4.78 is 24.4. The summed E-state index contributed by atoms with van der Waals surface area (Å²) in [5.41, 5.74) is -2.69. The predicted molar refractivity (Wildman–Crippen MR) is 134 cm³/mol. The maximum atomic E-state index is 14.8. The van der Waals surface area contributed by atoms with E-state index in [0.717, 1.165) is 13.1 Å². The number of ether oxygens (including phenoxy) is 2. The molecule has 10 N–H and O–H groups in total. The Morgan fingerprint density at radius 2 is 1.69 bits per heavy atom. The van der Waals surface area contributed by atoms with Crippen LogP contribution in [-0.2, 0) is 0 Å². The number of hydrogen-bond acceptors (Lipinski definition) is 14. The zero-order valence-corrected chi connectivity index (χ0v) is 21.7. The van der Waals surface area contributed by atoms with Crippen LogP contribution in [0.15, 0.2) is 9.27 Å². The van der Waals surface area contributed by atoms with Gasteiger partial charge in [-0.1, -0.05) is 0 Å². The molecule has 39 heavy (non-hydrogen) atoms. The summed E-state index contributed by atoms with van der Waals surface area (Å²) in [5, 5.41) is 81.9. The van der Waals surface area contributed by atoms with Crippen molar-refractivity contribution in [2.45, 2.75) is 19.0 Å². The van der Waals surface area contributed by atoms with Crippen molar-refractivity contribution in [2.24, 2.45) is 5.92 Å². The molecule has 0 aliphatic carbocycles. The number of rotatable bonds is 7. The Hall–Kier alpha value is -3.77. The summed E-state index contributed by atoms with van der Waals surface area (Å²) >= 11 is 2.69. The number of nitrogens with one attached hydrogen (secondary N) is 2. The van der Waals surface area contributed by atoms with Crippen LogP contribution in [0, 0.1) is 11.7 Å². The van der Waals surface area contributed by atoms with Gasteiger partial charge in [-0.25, -0.2) is 9.18 Å². The van der Waals surface area contributed by atoms with E-state index >= 15 is 0 Å². The third-order valence-electron chi connectivity index (χ3n) is 6.13. The first-order valence-electron chi connectivity index (χ1n) is 11.3. The molecule has 4 rings (SSSR count). The number of aromatic amines is 1. The second-order valence-corrected chi connectivity index (χ2v) is 9.70. The summed E-state index contributed by atoms with van der Waals surface area (Å²) in [6, 6.07) is 0. The zero-order valence-electron chi connectivity index (χ0n) is 20.1. The highest BCUT2D eigenvalue weighted by Crippen LogP contribution is 2.53. The van der Waals surface area contributed by atoms with Crippen LogP contribution < -0.4 is 20.5 Å². The Balaban J connectivity index is 1.88. The van der Waals surface area contributed by atoms with E-state index in [-0.39, 0.29) is 12.5 Å². The number of H-pyrrole nitrogens is 1. The molecular weight excluding hydrogens is 595 g/mol. The molecule has 212 valence electrons. The molecule has 0 unspecified atom stereocenters. The van der Waals surface area contributed by atoms with Gasteiger partial charge in [0.05, 0.1) is 12.0 Å². The highest BCUT2D eigenvalue weighted by Gasteiger charge is 2.33. The molecule has 1 saturated heterocycles. The number of phenolic OH excluding ortho intramolecular Hbond substituents is 5. The minimum absolute atomic E-state index is 0.00847. The molecule has 0 atom stereocenters. The van der Waals surface area contributed by atoms with Gasteiger partial charge in [0.15, 0.2) is 34.6 Å². The normalized spacial score (nSPS) is 15.0. The zero-order chi connectivity index (χ0) is 28.8. The summed E-state index contributed by atoms with van der Waals surface area (Å²) in [6.45, 7) is 1.49. The maximum absolute atomic E-state index is 14.8. The van der Waals surface area contributed by atoms with E-state index in [0.29, 0.717) is 12.8 Å². The number of nitrogens with zero attached hydrogens (tertiary/aromatic N) is 2. The average molecular weight is 619 g/mol. The number of fused-ring (bicyclic) bond motifs is 1. The number of phenols is 5. The lowest BCUT2D eigenvalue weighted by Crippen LogP contribution is -2.35. The van der Waals surface area contributed by atoms with Crippen LogP contribution in [0.25, 0.3) is 10.9 Å². The number of halogens is 2. The molecule has 1 aliphatic rings. The summed E-state index contributed by atoms with van der Waals surface area (Å²) in [6.07, 6.45) is -2.44. The van der Waals surface area contributed by atoms with Crippen molar-refractivity contribution in [1.29, 1.82) is 0 Å². The maximum Gasteiger partial charge on any atom is 0.453 e. The van der Waals surface area contributed by atoms with E-state index in [1.165, 1.54) is 0 Å². The van der Waals surface area contributed by atoms with Crippen molar-refractivity contribution in [2.75, 3.05) is 32.1 Å². The third kappa shape index (κ3) is 5.52. The first-order valence-corrected chi connectivity index (χ1v) is 12.1. The Labute approximate surface area is 226 Å². The Morgan fingerprint density at radius 3 is 2.31 bits per heavy atom. The first kappa shape index (κ1) is 28.2. The van der Waals surface area contributed by atoms with Crippen molar-refractivity contribution in [3.8, 4) is 40.2 Å². The van der Waals surface area contributed by atoms with Gasteiger partial charge in [0.25, 0.3) is 0 Å². The fourth-order valence-corrected chi connectivity index (χ4v) is 4.46. The Morgan fingerprint density at radius 1 is 1.05 bits per heavy atom. The lowest BCUT2D eigenvalue weighted by Gasteiger charge is -2.29. The van der Waals surface area contributed by atoms with Gasteiger partial charge in [-0.05, 0) is 54.8 Å². The molecule has 1 aliphatic heterocycles. The van der Waals surface area contributed by atoms with Crippen LogP contribution in [0.4, 0.5) is 15.9 Å². The molecule has 3 aromatic rings. The minimum Gasteiger partial charge on any atom is -0.504 e. The van der Waals surface area contributed by atoms with Gasteiger partial charge in [-0.15, -0.1) is 0 Å². The van der Waals surface area contributed by atoms with Crippen LogP contribution >= 0.6 is 15.9 Å². The molecule has 1 fully saturated rings. The standard InChI is InChI=1S/C22H24BrFN4O11/c1-28-4-2-7(3-5-28)6-38-18-17(33)11-8(13(29)19(18)39-22(35,36)37)20(27-21(34)26-11)25-12-10(24)14(30)9(23)15(31)16(12)32/h7,29-33,35-37H,2-6H2,1H3,(H2,25,26,27,34). The van der Waals surface area contributed by atoms with Crippen molar-refractivity contribution in [3.63, 3.8) is 0 Å². The topological polar surface area (TPSA) is 241 Å². The van der Waals surface area contributed by atoms with Gasteiger partial charge in [0, 0.05) is 0 Å². The smallest absolute Gasteiger partial charge is 0.453 e. The van der Waals surface area contributed by atoms with Crippen molar-refractivity contribution in [3.05, 3.63) is 20.8 Å². The highest BCUT2D eigenvalue weighted by atomic mass is 79.9. The number of hydrogen-bond donors (Lipinski definition) is 10. The summed E-state index contributed by atoms with van der Waals surface area (Å²) in [5.74, 6) is -9.19. The largest absolute Gasteiger partial charge is 0.504 e.